The first-order valence-electron chi connectivity index (χ1n) is 9.18. The van der Waals surface area contributed by atoms with E-state index in [1.165, 1.54) is 0 Å². The van der Waals surface area contributed by atoms with E-state index in [-0.39, 0.29) is 35.8 Å². The molecule has 2 aliphatic rings. The molecule has 0 radical (unpaired) electrons. The zero-order valence-electron chi connectivity index (χ0n) is 15.3. The largest absolute Gasteiger partial charge is 0.338 e. The van der Waals surface area contributed by atoms with E-state index in [4.69, 9.17) is 0 Å². The molecule has 1 aromatic rings. The predicted octanol–water partition coefficient (Wildman–Crippen LogP) is 1.77. The lowest BCUT2D eigenvalue weighted by molar-refractivity contribution is -0.137. The minimum absolute atomic E-state index is 0.0427. The molecular weight excluding hydrogens is 352 g/mol. The third kappa shape index (κ3) is 3.92. The summed E-state index contributed by atoms with van der Waals surface area (Å²) < 4.78 is 23.6. The molecule has 0 aromatic heterocycles. The maximum atomic E-state index is 13.1. The van der Waals surface area contributed by atoms with Crippen molar-refractivity contribution in [1.82, 2.24) is 4.90 Å². The summed E-state index contributed by atoms with van der Waals surface area (Å²) in [5.41, 5.74) is 1.92. The Morgan fingerprint density at radius 3 is 2.54 bits per heavy atom. The van der Waals surface area contributed by atoms with Gasteiger partial charge in [-0.05, 0) is 31.9 Å². The van der Waals surface area contributed by atoms with Crippen molar-refractivity contribution >= 4 is 27.3 Å². The molecule has 0 saturated carbocycles. The minimum atomic E-state index is -3.06. The molecule has 2 amide bonds. The van der Waals surface area contributed by atoms with Crippen LogP contribution in [0, 0.1) is 12.8 Å². The maximum absolute atomic E-state index is 13.1. The Kier molecular flexibility index (Phi) is 5.37. The Morgan fingerprint density at radius 1 is 1.27 bits per heavy atom. The van der Waals surface area contributed by atoms with Gasteiger partial charge in [-0.25, -0.2) is 8.42 Å². The van der Waals surface area contributed by atoms with Gasteiger partial charge in [0.15, 0.2) is 9.84 Å². The van der Waals surface area contributed by atoms with Gasteiger partial charge in [-0.2, -0.15) is 0 Å². The Hall–Kier alpha value is -1.89. The van der Waals surface area contributed by atoms with E-state index < -0.39 is 15.8 Å². The van der Waals surface area contributed by atoms with Crippen LogP contribution in [0.4, 0.5) is 5.69 Å². The average molecular weight is 378 g/mol. The number of carbonyl (C=O) groups excluding carboxylic acids is 2. The Morgan fingerprint density at radius 2 is 1.96 bits per heavy atom. The lowest BCUT2D eigenvalue weighted by Gasteiger charge is -2.30. The fraction of sp³-hybridized carbons (Fsp3) is 0.579. The van der Waals surface area contributed by atoms with Crippen LogP contribution < -0.4 is 4.90 Å². The van der Waals surface area contributed by atoms with E-state index in [1.807, 2.05) is 38.1 Å². The Labute approximate surface area is 155 Å². The highest BCUT2D eigenvalue weighted by Crippen LogP contribution is 2.28. The first-order valence-corrected chi connectivity index (χ1v) is 11.0. The van der Waals surface area contributed by atoms with Gasteiger partial charge in [0.1, 0.15) is 0 Å². The van der Waals surface area contributed by atoms with Crippen molar-refractivity contribution < 1.29 is 18.0 Å². The molecule has 0 bridgehead atoms. The number of benzene rings is 1. The Bertz CT molecular complexity index is 788. The van der Waals surface area contributed by atoms with Crippen molar-refractivity contribution in [2.45, 2.75) is 39.2 Å². The predicted molar refractivity (Wildman–Crippen MR) is 101 cm³/mol. The van der Waals surface area contributed by atoms with Gasteiger partial charge in [-0.15, -0.1) is 0 Å². The SMILES string of the molecule is CCCN(C(=O)C1CC(=O)N(c2ccc(C)cc2)C1)C1CCS(=O)(=O)C1. The molecule has 2 fully saturated rings. The van der Waals surface area contributed by atoms with Crippen molar-refractivity contribution in [2.24, 2.45) is 5.92 Å². The minimum Gasteiger partial charge on any atom is -0.338 e. The molecule has 0 N–H and O–H groups in total. The number of sulfone groups is 1. The molecule has 2 aliphatic heterocycles. The van der Waals surface area contributed by atoms with Crippen molar-refractivity contribution in [2.75, 3.05) is 29.5 Å². The van der Waals surface area contributed by atoms with Crippen LogP contribution >= 0.6 is 0 Å². The summed E-state index contributed by atoms with van der Waals surface area (Å²) in [6.45, 7) is 4.86. The summed E-state index contributed by atoms with van der Waals surface area (Å²) in [5, 5.41) is 0. The fourth-order valence-electron chi connectivity index (χ4n) is 3.82. The topological polar surface area (TPSA) is 74.8 Å². The number of anilines is 1. The van der Waals surface area contributed by atoms with Gasteiger partial charge in [0.25, 0.3) is 0 Å². The zero-order chi connectivity index (χ0) is 18.9. The smallest absolute Gasteiger partial charge is 0.228 e. The van der Waals surface area contributed by atoms with Crippen molar-refractivity contribution in [3.8, 4) is 0 Å². The lowest BCUT2D eigenvalue weighted by atomic mass is 10.0. The number of hydrogen-bond acceptors (Lipinski definition) is 4. The standard InChI is InChI=1S/C19H26N2O4S/c1-3-9-20(17-8-10-26(24,25)13-17)19(23)15-11-18(22)21(12-15)16-6-4-14(2)5-7-16/h4-7,15,17H,3,8-13H2,1-2H3. The normalized spacial score (nSPS) is 24.8. The molecule has 2 saturated heterocycles. The highest BCUT2D eigenvalue weighted by atomic mass is 32.2. The number of nitrogens with zero attached hydrogens (tertiary/aromatic N) is 2. The van der Waals surface area contributed by atoms with Crippen LogP contribution in [0.1, 0.15) is 31.7 Å². The first-order chi connectivity index (χ1) is 12.3. The van der Waals surface area contributed by atoms with Crippen LogP contribution in [0.25, 0.3) is 0 Å². The molecule has 7 heteroatoms. The summed E-state index contributed by atoms with van der Waals surface area (Å²) >= 11 is 0. The summed E-state index contributed by atoms with van der Waals surface area (Å²) in [5.74, 6) is -0.357. The van der Waals surface area contributed by atoms with Crippen LogP contribution in [0.15, 0.2) is 24.3 Å². The number of amides is 2. The molecule has 142 valence electrons. The van der Waals surface area contributed by atoms with Crippen LogP contribution in [0.5, 0.6) is 0 Å². The quantitative estimate of drug-likeness (QED) is 0.783. The van der Waals surface area contributed by atoms with Gasteiger partial charge in [0, 0.05) is 31.2 Å². The summed E-state index contributed by atoms with van der Waals surface area (Å²) in [7, 11) is -3.06. The van der Waals surface area contributed by atoms with Gasteiger partial charge in [0.2, 0.25) is 11.8 Å². The Balaban J connectivity index is 1.74. The van der Waals surface area contributed by atoms with E-state index in [9.17, 15) is 18.0 Å². The number of carbonyl (C=O) groups is 2. The monoisotopic (exact) mass is 378 g/mol. The van der Waals surface area contributed by atoms with E-state index >= 15 is 0 Å². The van der Waals surface area contributed by atoms with Crippen LogP contribution in [0.3, 0.4) is 0 Å². The van der Waals surface area contributed by atoms with Gasteiger partial charge in [-0.1, -0.05) is 24.6 Å². The second-order valence-corrected chi connectivity index (χ2v) is 9.56. The van der Waals surface area contributed by atoms with E-state index in [0.29, 0.717) is 19.5 Å². The first kappa shape index (κ1) is 18.9. The second kappa shape index (κ2) is 7.39. The van der Waals surface area contributed by atoms with E-state index in [0.717, 1.165) is 17.7 Å². The third-order valence-electron chi connectivity index (χ3n) is 5.22. The van der Waals surface area contributed by atoms with E-state index in [1.54, 1.807) is 9.80 Å². The highest BCUT2D eigenvalue weighted by molar-refractivity contribution is 7.91. The van der Waals surface area contributed by atoms with E-state index in [2.05, 4.69) is 0 Å². The molecule has 6 nitrogen and oxygen atoms in total. The van der Waals surface area contributed by atoms with Crippen LogP contribution in [-0.2, 0) is 19.4 Å². The van der Waals surface area contributed by atoms with Crippen LogP contribution in [-0.4, -0.2) is 55.8 Å². The van der Waals surface area contributed by atoms with Crippen molar-refractivity contribution in [3.63, 3.8) is 0 Å². The summed E-state index contributed by atoms with van der Waals surface area (Å²) in [4.78, 5) is 28.9. The summed E-state index contributed by atoms with van der Waals surface area (Å²) in [6.07, 6.45) is 1.45. The van der Waals surface area contributed by atoms with Crippen LogP contribution in [0.2, 0.25) is 0 Å². The molecule has 26 heavy (non-hydrogen) atoms. The fourth-order valence-corrected chi connectivity index (χ4v) is 5.55. The maximum Gasteiger partial charge on any atom is 0.228 e. The molecule has 3 rings (SSSR count). The lowest BCUT2D eigenvalue weighted by Crippen LogP contribution is -2.45. The second-order valence-electron chi connectivity index (χ2n) is 7.33. The molecule has 2 heterocycles. The third-order valence-corrected chi connectivity index (χ3v) is 6.97. The van der Waals surface area contributed by atoms with Gasteiger partial charge in [0.05, 0.1) is 17.4 Å². The molecule has 1 aromatic carbocycles. The highest BCUT2D eigenvalue weighted by Gasteiger charge is 2.41. The molecule has 0 spiro atoms. The number of hydrogen-bond donors (Lipinski definition) is 0. The van der Waals surface area contributed by atoms with Gasteiger partial charge < -0.3 is 9.80 Å². The molecular formula is C19H26N2O4S. The summed E-state index contributed by atoms with van der Waals surface area (Å²) in [6, 6.07) is 7.44. The van der Waals surface area contributed by atoms with Gasteiger partial charge >= 0.3 is 0 Å². The van der Waals surface area contributed by atoms with Crippen molar-refractivity contribution in [1.29, 1.82) is 0 Å². The zero-order valence-corrected chi connectivity index (χ0v) is 16.2. The molecule has 0 aliphatic carbocycles. The average Bonchev–Trinajstić information content (AvgIpc) is 3.15. The molecule has 2 atom stereocenters. The number of rotatable bonds is 5. The van der Waals surface area contributed by atoms with Gasteiger partial charge in [-0.3, -0.25) is 9.59 Å². The number of aryl methyl sites for hydroxylation is 1. The molecule has 2 unspecified atom stereocenters. The van der Waals surface area contributed by atoms with Crippen molar-refractivity contribution in [3.05, 3.63) is 29.8 Å².